The van der Waals surface area contributed by atoms with Gasteiger partial charge in [-0.3, -0.25) is 0 Å². The Balaban J connectivity index is 2.27. The Labute approximate surface area is 153 Å². The molecule has 0 spiro atoms. The SMILES string of the molecule is Cc1ccc(C2=C(c3cc(C)c(C)c(C)c3)/C(=N/O)C(O)C2)cc1Cl. The topological polar surface area (TPSA) is 52.8 Å². The first-order chi connectivity index (χ1) is 11.8. The minimum absolute atomic E-state index is 0.314. The van der Waals surface area contributed by atoms with Crippen LogP contribution in [0.1, 0.15) is 39.8 Å². The zero-order chi connectivity index (χ0) is 18.3. The maximum absolute atomic E-state index is 10.4. The molecular formula is C21H22ClNO2. The lowest BCUT2D eigenvalue weighted by molar-refractivity contribution is 0.240. The predicted octanol–water partition coefficient (Wildman–Crippen LogP) is 5.08. The molecule has 0 amide bonds. The molecule has 2 aromatic carbocycles. The van der Waals surface area contributed by atoms with E-state index < -0.39 is 6.10 Å². The number of hydrogen-bond acceptors (Lipinski definition) is 3. The lowest BCUT2D eigenvalue weighted by atomic mass is 9.92. The second-order valence-corrected chi connectivity index (χ2v) is 7.16. The lowest BCUT2D eigenvalue weighted by Crippen LogP contribution is -2.15. The van der Waals surface area contributed by atoms with Crippen molar-refractivity contribution in [3.8, 4) is 0 Å². The van der Waals surface area contributed by atoms with Crippen LogP contribution < -0.4 is 0 Å². The van der Waals surface area contributed by atoms with Gasteiger partial charge in [-0.25, -0.2) is 0 Å². The fraction of sp³-hybridized carbons (Fsp3) is 0.286. The standard InChI is InChI=1S/C21H22ClNO2/c1-11-5-6-15(9-18(11)22)17-10-19(24)21(23-25)20(17)16-7-12(2)14(4)13(3)8-16/h5-9,19,24-25H,10H2,1-4H3/b23-21+. The summed E-state index contributed by atoms with van der Waals surface area (Å²) in [6, 6.07) is 10.0. The van der Waals surface area contributed by atoms with E-state index >= 15 is 0 Å². The van der Waals surface area contributed by atoms with Crippen LogP contribution in [0.15, 0.2) is 35.5 Å². The third-order valence-corrected chi connectivity index (χ3v) is 5.52. The maximum atomic E-state index is 10.4. The maximum Gasteiger partial charge on any atom is 0.116 e. The molecule has 25 heavy (non-hydrogen) atoms. The molecule has 3 nitrogen and oxygen atoms in total. The van der Waals surface area contributed by atoms with Crippen molar-refractivity contribution in [2.24, 2.45) is 5.16 Å². The van der Waals surface area contributed by atoms with Crippen LogP contribution in [-0.2, 0) is 0 Å². The van der Waals surface area contributed by atoms with Gasteiger partial charge in [0, 0.05) is 17.0 Å². The lowest BCUT2D eigenvalue weighted by Gasteiger charge is -2.13. The fourth-order valence-electron chi connectivity index (χ4n) is 3.37. The molecule has 4 heteroatoms. The highest BCUT2D eigenvalue weighted by Crippen LogP contribution is 2.40. The first-order valence-corrected chi connectivity index (χ1v) is 8.69. The Morgan fingerprint density at radius 2 is 1.60 bits per heavy atom. The first kappa shape index (κ1) is 17.7. The monoisotopic (exact) mass is 355 g/mol. The van der Waals surface area contributed by atoms with Gasteiger partial charge in [-0.05, 0) is 72.7 Å². The van der Waals surface area contributed by atoms with E-state index in [-0.39, 0.29) is 0 Å². The number of aryl methyl sites for hydroxylation is 3. The quantitative estimate of drug-likeness (QED) is 0.583. The van der Waals surface area contributed by atoms with Crippen LogP contribution >= 0.6 is 11.6 Å². The number of rotatable bonds is 2. The highest BCUT2D eigenvalue weighted by Gasteiger charge is 2.32. The summed E-state index contributed by atoms with van der Waals surface area (Å²) in [6.07, 6.45) is -0.419. The molecule has 0 radical (unpaired) electrons. The van der Waals surface area contributed by atoms with Gasteiger partial charge in [0.1, 0.15) is 11.8 Å². The van der Waals surface area contributed by atoms with Crippen molar-refractivity contribution < 1.29 is 10.3 Å². The number of aliphatic hydroxyl groups is 1. The molecule has 0 aliphatic heterocycles. The first-order valence-electron chi connectivity index (χ1n) is 8.31. The van der Waals surface area contributed by atoms with Gasteiger partial charge in [-0.1, -0.05) is 41.0 Å². The van der Waals surface area contributed by atoms with E-state index in [1.54, 1.807) is 0 Å². The van der Waals surface area contributed by atoms with Crippen LogP contribution in [0.2, 0.25) is 5.02 Å². The minimum Gasteiger partial charge on any atom is -0.411 e. The minimum atomic E-state index is -0.822. The van der Waals surface area contributed by atoms with E-state index in [9.17, 15) is 10.3 Å². The van der Waals surface area contributed by atoms with Gasteiger partial charge < -0.3 is 10.3 Å². The molecular weight excluding hydrogens is 334 g/mol. The molecule has 0 fully saturated rings. The summed E-state index contributed by atoms with van der Waals surface area (Å²) >= 11 is 6.30. The Hall–Kier alpha value is -2.10. The highest BCUT2D eigenvalue weighted by molar-refractivity contribution is 6.36. The second-order valence-electron chi connectivity index (χ2n) is 6.76. The summed E-state index contributed by atoms with van der Waals surface area (Å²) in [6.45, 7) is 8.18. The van der Waals surface area contributed by atoms with Gasteiger partial charge in [0.15, 0.2) is 0 Å². The summed E-state index contributed by atoms with van der Waals surface area (Å²) in [4.78, 5) is 0. The molecule has 2 aromatic rings. The Kier molecular flexibility index (Phi) is 4.72. The molecule has 0 aromatic heterocycles. The number of nitrogens with zero attached hydrogens (tertiary/aromatic N) is 1. The summed E-state index contributed by atoms with van der Waals surface area (Å²) < 4.78 is 0. The molecule has 1 unspecified atom stereocenters. The van der Waals surface area contributed by atoms with Crippen LogP contribution in [0, 0.1) is 27.7 Å². The molecule has 1 atom stereocenters. The van der Waals surface area contributed by atoms with Crippen LogP contribution in [0.25, 0.3) is 11.1 Å². The van der Waals surface area contributed by atoms with Gasteiger partial charge >= 0.3 is 0 Å². The van der Waals surface area contributed by atoms with E-state index in [1.807, 2.05) is 25.1 Å². The third kappa shape index (κ3) is 3.10. The number of hydrogen-bond donors (Lipinski definition) is 2. The molecule has 3 rings (SSSR count). The molecule has 1 aliphatic carbocycles. The number of aliphatic hydroxyl groups excluding tert-OH is 1. The van der Waals surface area contributed by atoms with Crippen LogP contribution in [-0.4, -0.2) is 22.1 Å². The number of benzene rings is 2. The van der Waals surface area contributed by atoms with Crippen LogP contribution in [0.5, 0.6) is 0 Å². The van der Waals surface area contributed by atoms with Crippen molar-refractivity contribution in [2.75, 3.05) is 0 Å². The van der Waals surface area contributed by atoms with Crippen molar-refractivity contribution in [3.63, 3.8) is 0 Å². The summed E-state index contributed by atoms with van der Waals surface area (Å²) in [7, 11) is 0. The third-order valence-electron chi connectivity index (χ3n) is 5.11. The van der Waals surface area contributed by atoms with Crippen molar-refractivity contribution in [1.82, 2.24) is 0 Å². The van der Waals surface area contributed by atoms with Crippen LogP contribution in [0.4, 0.5) is 0 Å². The van der Waals surface area contributed by atoms with Gasteiger partial charge in [-0.15, -0.1) is 0 Å². The fourth-order valence-corrected chi connectivity index (χ4v) is 3.56. The van der Waals surface area contributed by atoms with Crippen LogP contribution in [0.3, 0.4) is 0 Å². The van der Waals surface area contributed by atoms with E-state index in [0.29, 0.717) is 17.2 Å². The summed E-state index contributed by atoms with van der Waals surface area (Å²) in [5, 5.41) is 24.0. The number of oxime groups is 1. The normalized spacial score (nSPS) is 19.1. The molecule has 1 aliphatic rings. The largest absolute Gasteiger partial charge is 0.411 e. The Morgan fingerprint density at radius 1 is 0.960 bits per heavy atom. The van der Waals surface area contributed by atoms with E-state index in [0.717, 1.165) is 27.8 Å². The average Bonchev–Trinajstić information content (AvgIpc) is 2.91. The second kappa shape index (κ2) is 6.66. The molecule has 0 heterocycles. The number of halogens is 1. The van der Waals surface area contributed by atoms with E-state index in [4.69, 9.17) is 11.6 Å². The van der Waals surface area contributed by atoms with Crippen molar-refractivity contribution in [2.45, 2.75) is 40.2 Å². The molecule has 0 saturated heterocycles. The zero-order valence-corrected chi connectivity index (χ0v) is 15.6. The van der Waals surface area contributed by atoms with Crippen molar-refractivity contribution in [3.05, 3.63) is 68.7 Å². The Morgan fingerprint density at radius 3 is 2.16 bits per heavy atom. The zero-order valence-electron chi connectivity index (χ0n) is 14.9. The molecule has 2 N–H and O–H groups in total. The van der Waals surface area contributed by atoms with E-state index in [2.05, 4.69) is 38.1 Å². The molecule has 0 bridgehead atoms. The van der Waals surface area contributed by atoms with Crippen molar-refractivity contribution >= 4 is 28.5 Å². The van der Waals surface area contributed by atoms with Gasteiger partial charge in [-0.2, -0.15) is 0 Å². The van der Waals surface area contributed by atoms with Gasteiger partial charge in [0.25, 0.3) is 0 Å². The molecule has 0 saturated carbocycles. The van der Waals surface area contributed by atoms with Gasteiger partial charge in [0.2, 0.25) is 0 Å². The summed E-state index contributed by atoms with van der Waals surface area (Å²) in [5.74, 6) is 0. The van der Waals surface area contributed by atoms with E-state index in [1.165, 1.54) is 16.7 Å². The Bertz CT molecular complexity index is 889. The summed E-state index contributed by atoms with van der Waals surface area (Å²) in [5.41, 5.74) is 8.54. The van der Waals surface area contributed by atoms with Gasteiger partial charge in [0.05, 0.1) is 0 Å². The van der Waals surface area contributed by atoms with Crippen molar-refractivity contribution in [1.29, 1.82) is 0 Å². The predicted molar refractivity (Wildman–Crippen MR) is 104 cm³/mol. The average molecular weight is 356 g/mol. The highest BCUT2D eigenvalue weighted by atomic mass is 35.5. The molecule has 130 valence electrons. The smallest absolute Gasteiger partial charge is 0.116 e.